The summed E-state index contributed by atoms with van der Waals surface area (Å²) in [5, 5.41) is 12.0. The van der Waals surface area contributed by atoms with E-state index < -0.39 is 0 Å². The highest BCUT2D eigenvalue weighted by molar-refractivity contribution is 6.30. The maximum atomic E-state index is 6.16. The molecule has 0 radical (unpaired) electrons. The molecule has 0 atom stereocenters. The van der Waals surface area contributed by atoms with Crippen LogP contribution in [0.5, 0.6) is 0 Å². The number of nitrogens with one attached hydrogen (secondary N) is 2. The molecule has 2 N–H and O–H groups in total. The Kier molecular flexibility index (Phi) is 4.27. The van der Waals surface area contributed by atoms with Gasteiger partial charge >= 0.3 is 0 Å². The number of H-pyrrole nitrogens is 1. The molecule has 4 nitrogen and oxygen atoms in total. The summed E-state index contributed by atoms with van der Waals surface area (Å²) in [5.41, 5.74) is 4.31. The average Bonchev–Trinajstić information content (AvgIpc) is 3.02. The van der Waals surface area contributed by atoms with Crippen molar-refractivity contribution in [1.82, 2.24) is 15.5 Å². The first-order chi connectivity index (χ1) is 10.3. The molecule has 2 aromatic heterocycles. The number of halogens is 1. The molecule has 0 aliphatic heterocycles. The predicted octanol–water partition coefficient (Wildman–Crippen LogP) is 3.84. The molecule has 3 rings (SSSR count). The number of furan rings is 1. The Hall–Kier alpha value is -1.78. The van der Waals surface area contributed by atoms with E-state index in [0.717, 1.165) is 48.2 Å². The molecule has 0 saturated heterocycles. The van der Waals surface area contributed by atoms with Crippen LogP contribution in [0.2, 0.25) is 5.22 Å². The van der Waals surface area contributed by atoms with E-state index in [1.807, 2.05) is 37.4 Å². The van der Waals surface area contributed by atoms with E-state index >= 15 is 0 Å². The van der Waals surface area contributed by atoms with E-state index in [9.17, 15) is 0 Å². The van der Waals surface area contributed by atoms with E-state index in [0.29, 0.717) is 5.22 Å². The first kappa shape index (κ1) is 14.2. The van der Waals surface area contributed by atoms with Gasteiger partial charge in [-0.05, 0) is 49.5 Å². The van der Waals surface area contributed by atoms with Crippen molar-refractivity contribution in [2.24, 2.45) is 0 Å². The molecule has 0 spiro atoms. The lowest BCUT2D eigenvalue weighted by atomic mass is 10.1. The molecule has 0 unspecified atom stereocenters. The third-order valence-electron chi connectivity index (χ3n) is 3.68. The van der Waals surface area contributed by atoms with E-state index in [2.05, 4.69) is 15.5 Å². The molecular weight excluding hydrogens is 286 g/mol. The minimum atomic E-state index is 0.481. The maximum absolute atomic E-state index is 6.16. The number of hydrogen-bond donors (Lipinski definition) is 2. The predicted molar refractivity (Wildman–Crippen MR) is 84.6 cm³/mol. The first-order valence-corrected chi connectivity index (χ1v) is 7.49. The number of nitrogens with zero attached hydrogens (tertiary/aromatic N) is 1. The van der Waals surface area contributed by atoms with E-state index in [4.69, 9.17) is 16.0 Å². The van der Waals surface area contributed by atoms with Gasteiger partial charge in [0.05, 0.1) is 6.20 Å². The summed E-state index contributed by atoms with van der Waals surface area (Å²) >= 11 is 6.16. The summed E-state index contributed by atoms with van der Waals surface area (Å²) in [6, 6.07) is 7.93. The van der Waals surface area contributed by atoms with Crippen LogP contribution in [-0.2, 0) is 13.0 Å². The van der Waals surface area contributed by atoms with Crippen LogP contribution in [0, 0.1) is 6.92 Å². The second-order valence-corrected chi connectivity index (χ2v) is 5.49. The zero-order valence-electron chi connectivity index (χ0n) is 11.9. The summed E-state index contributed by atoms with van der Waals surface area (Å²) in [7, 11) is 0. The summed E-state index contributed by atoms with van der Waals surface area (Å²) < 4.78 is 5.54. The molecule has 0 bridgehead atoms. The first-order valence-electron chi connectivity index (χ1n) is 7.11. The van der Waals surface area contributed by atoms with Gasteiger partial charge in [0, 0.05) is 23.2 Å². The molecule has 0 aliphatic carbocycles. The maximum Gasteiger partial charge on any atom is 0.199 e. The lowest BCUT2D eigenvalue weighted by Gasteiger charge is -2.04. The van der Waals surface area contributed by atoms with Crippen molar-refractivity contribution in [3.05, 3.63) is 52.5 Å². The highest BCUT2D eigenvalue weighted by Crippen LogP contribution is 2.29. The Labute approximate surface area is 128 Å². The van der Waals surface area contributed by atoms with Crippen LogP contribution >= 0.6 is 11.6 Å². The van der Waals surface area contributed by atoms with Gasteiger partial charge in [-0.3, -0.25) is 5.10 Å². The number of aromatic amines is 1. The van der Waals surface area contributed by atoms with Gasteiger partial charge in [0.15, 0.2) is 5.22 Å². The summed E-state index contributed by atoms with van der Waals surface area (Å²) in [6.45, 7) is 3.70. The second-order valence-electron chi connectivity index (χ2n) is 5.15. The topological polar surface area (TPSA) is 53.9 Å². The van der Waals surface area contributed by atoms with Gasteiger partial charge < -0.3 is 9.73 Å². The van der Waals surface area contributed by atoms with Gasteiger partial charge in [-0.1, -0.05) is 18.2 Å². The number of para-hydroxylation sites is 1. The van der Waals surface area contributed by atoms with Crippen molar-refractivity contribution in [1.29, 1.82) is 0 Å². The number of aromatic nitrogens is 2. The lowest BCUT2D eigenvalue weighted by molar-refractivity contribution is 0.600. The Morgan fingerprint density at radius 3 is 3.00 bits per heavy atom. The molecular formula is C16H18ClN3O. The van der Waals surface area contributed by atoms with E-state index in [1.54, 1.807) is 0 Å². The van der Waals surface area contributed by atoms with Crippen molar-refractivity contribution in [2.45, 2.75) is 26.3 Å². The number of fused-ring (bicyclic) bond motifs is 1. The molecule has 0 saturated carbocycles. The molecule has 21 heavy (non-hydrogen) atoms. The van der Waals surface area contributed by atoms with Gasteiger partial charge in [-0.2, -0.15) is 5.10 Å². The quantitative estimate of drug-likeness (QED) is 0.680. The Balaban J connectivity index is 1.53. The lowest BCUT2D eigenvalue weighted by Crippen LogP contribution is -2.15. The molecule has 1 aromatic carbocycles. The van der Waals surface area contributed by atoms with Crippen LogP contribution in [0.4, 0.5) is 0 Å². The Morgan fingerprint density at radius 1 is 1.33 bits per heavy atom. The highest BCUT2D eigenvalue weighted by atomic mass is 35.5. The third-order valence-corrected chi connectivity index (χ3v) is 3.99. The van der Waals surface area contributed by atoms with Crippen LogP contribution in [0.3, 0.4) is 0 Å². The van der Waals surface area contributed by atoms with Crippen molar-refractivity contribution in [3.63, 3.8) is 0 Å². The van der Waals surface area contributed by atoms with E-state index in [-0.39, 0.29) is 0 Å². The van der Waals surface area contributed by atoms with Crippen LogP contribution in [-0.4, -0.2) is 16.7 Å². The highest BCUT2D eigenvalue weighted by Gasteiger charge is 2.11. The number of rotatable bonds is 6. The zero-order valence-corrected chi connectivity index (χ0v) is 12.7. The van der Waals surface area contributed by atoms with Crippen molar-refractivity contribution < 1.29 is 4.42 Å². The van der Waals surface area contributed by atoms with Crippen molar-refractivity contribution in [2.75, 3.05) is 6.54 Å². The monoisotopic (exact) mass is 303 g/mol. The average molecular weight is 304 g/mol. The SMILES string of the molecule is Cc1[nH]ncc1CCCNCc1c(Cl)oc2ccccc12. The number of aryl methyl sites for hydroxylation is 2. The van der Waals surface area contributed by atoms with Crippen molar-refractivity contribution >= 4 is 22.6 Å². The summed E-state index contributed by atoms with van der Waals surface area (Å²) in [5.74, 6) is 0. The largest absolute Gasteiger partial charge is 0.444 e. The smallest absolute Gasteiger partial charge is 0.199 e. The zero-order chi connectivity index (χ0) is 14.7. The van der Waals surface area contributed by atoms with Crippen LogP contribution in [0.25, 0.3) is 11.0 Å². The standard InChI is InChI=1S/C16H18ClN3O/c1-11-12(9-19-20-11)5-4-8-18-10-14-13-6-2-3-7-15(13)21-16(14)17/h2-3,6-7,9,18H,4-5,8,10H2,1H3,(H,19,20). The van der Waals surface area contributed by atoms with Crippen LogP contribution in [0.15, 0.2) is 34.9 Å². The molecule has 2 heterocycles. The van der Waals surface area contributed by atoms with Gasteiger partial charge in [-0.15, -0.1) is 0 Å². The Bertz CT molecular complexity index is 732. The third kappa shape index (κ3) is 3.12. The minimum absolute atomic E-state index is 0.481. The summed E-state index contributed by atoms with van der Waals surface area (Å²) in [6.07, 6.45) is 3.98. The van der Waals surface area contributed by atoms with Crippen LogP contribution in [0.1, 0.15) is 23.2 Å². The van der Waals surface area contributed by atoms with Gasteiger partial charge in [-0.25, -0.2) is 0 Å². The summed E-state index contributed by atoms with van der Waals surface area (Å²) in [4.78, 5) is 0. The molecule has 5 heteroatoms. The normalized spacial score (nSPS) is 11.3. The number of hydrogen-bond acceptors (Lipinski definition) is 3. The fourth-order valence-corrected chi connectivity index (χ4v) is 2.73. The fourth-order valence-electron chi connectivity index (χ4n) is 2.48. The molecule has 0 fully saturated rings. The van der Waals surface area contributed by atoms with Gasteiger partial charge in [0.2, 0.25) is 0 Å². The van der Waals surface area contributed by atoms with Crippen LogP contribution < -0.4 is 5.32 Å². The second kappa shape index (κ2) is 6.33. The molecule has 110 valence electrons. The van der Waals surface area contributed by atoms with Gasteiger partial charge in [0.25, 0.3) is 0 Å². The fraction of sp³-hybridized carbons (Fsp3) is 0.312. The Morgan fingerprint density at radius 2 is 2.19 bits per heavy atom. The van der Waals surface area contributed by atoms with E-state index in [1.165, 1.54) is 5.56 Å². The molecule has 3 aromatic rings. The van der Waals surface area contributed by atoms with Crippen molar-refractivity contribution in [3.8, 4) is 0 Å². The van der Waals surface area contributed by atoms with Gasteiger partial charge in [0.1, 0.15) is 5.58 Å². The number of benzene rings is 1. The molecule has 0 aliphatic rings. The molecule has 0 amide bonds. The minimum Gasteiger partial charge on any atom is -0.444 e.